The van der Waals surface area contributed by atoms with E-state index in [1.54, 1.807) is 13.8 Å². The molecule has 7 heteroatoms. The van der Waals surface area contributed by atoms with Gasteiger partial charge in [0.15, 0.2) is 0 Å². The van der Waals surface area contributed by atoms with Crippen LogP contribution in [0.3, 0.4) is 0 Å². The molecule has 0 aromatic rings. The first kappa shape index (κ1) is 15.8. The predicted octanol–water partition coefficient (Wildman–Crippen LogP) is -0.938. The number of nitrogens with one attached hydrogen (secondary N) is 3. The van der Waals surface area contributed by atoms with Gasteiger partial charge >= 0.3 is 0 Å². The summed E-state index contributed by atoms with van der Waals surface area (Å²) in [6.45, 7) is 5.18. The summed E-state index contributed by atoms with van der Waals surface area (Å²) in [5.74, 6) is -0.825. The Bertz CT molecular complexity index is 297. The van der Waals surface area contributed by atoms with Crippen molar-refractivity contribution in [3.8, 4) is 0 Å². The number of hydrogen-bond donors (Lipinski definition) is 4. The molecule has 0 radical (unpaired) electrons. The van der Waals surface area contributed by atoms with Crippen LogP contribution in [0.5, 0.6) is 0 Å². The van der Waals surface area contributed by atoms with E-state index >= 15 is 0 Å². The number of thiol groups is 1. The van der Waals surface area contributed by atoms with Gasteiger partial charge in [-0.15, -0.1) is 0 Å². The SMILES string of the molecule is CCNC(=O)C(C)NC(=O)C(CS)NC(C)=O. The van der Waals surface area contributed by atoms with Crippen LogP contribution in [0, 0.1) is 0 Å². The third kappa shape index (κ3) is 6.15. The lowest BCUT2D eigenvalue weighted by molar-refractivity contribution is -0.130. The highest BCUT2D eigenvalue weighted by Crippen LogP contribution is 1.91. The quantitative estimate of drug-likeness (QED) is 0.466. The molecule has 0 saturated carbocycles. The van der Waals surface area contributed by atoms with Crippen molar-refractivity contribution < 1.29 is 14.4 Å². The maximum absolute atomic E-state index is 11.7. The van der Waals surface area contributed by atoms with Crippen molar-refractivity contribution >= 4 is 30.4 Å². The highest BCUT2D eigenvalue weighted by molar-refractivity contribution is 7.80. The van der Waals surface area contributed by atoms with Crippen LogP contribution < -0.4 is 16.0 Å². The Morgan fingerprint density at radius 1 is 1.18 bits per heavy atom. The molecule has 0 spiro atoms. The predicted molar refractivity (Wildman–Crippen MR) is 67.7 cm³/mol. The first-order valence-electron chi connectivity index (χ1n) is 5.38. The lowest BCUT2D eigenvalue weighted by atomic mass is 10.2. The van der Waals surface area contributed by atoms with Gasteiger partial charge in [-0.25, -0.2) is 0 Å². The number of amides is 3. The van der Waals surface area contributed by atoms with E-state index in [0.717, 1.165) is 0 Å². The van der Waals surface area contributed by atoms with E-state index in [9.17, 15) is 14.4 Å². The molecule has 0 aliphatic carbocycles. The second-order valence-electron chi connectivity index (χ2n) is 3.56. The zero-order valence-corrected chi connectivity index (χ0v) is 11.1. The number of rotatable bonds is 6. The van der Waals surface area contributed by atoms with Gasteiger partial charge in [-0.1, -0.05) is 0 Å². The van der Waals surface area contributed by atoms with E-state index < -0.39 is 18.0 Å². The van der Waals surface area contributed by atoms with Gasteiger partial charge in [0.05, 0.1) is 0 Å². The minimum atomic E-state index is -0.729. The van der Waals surface area contributed by atoms with Gasteiger partial charge in [0.2, 0.25) is 17.7 Å². The average Bonchev–Trinajstić information content (AvgIpc) is 2.25. The number of carbonyl (C=O) groups is 3. The van der Waals surface area contributed by atoms with E-state index in [1.807, 2.05) is 0 Å². The average molecular weight is 261 g/mol. The van der Waals surface area contributed by atoms with Crippen LogP contribution in [0.4, 0.5) is 0 Å². The Balaban J connectivity index is 4.30. The summed E-state index contributed by atoms with van der Waals surface area (Å²) in [5, 5.41) is 7.54. The monoisotopic (exact) mass is 261 g/mol. The molecule has 0 heterocycles. The smallest absolute Gasteiger partial charge is 0.244 e. The maximum atomic E-state index is 11.7. The van der Waals surface area contributed by atoms with E-state index in [2.05, 4.69) is 28.6 Å². The zero-order chi connectivity index (χ0) is 13.4. The van der Waals surface area contributed by atoms with Crippen LogP contribution >= 0.6 is 12.6 Å². The van der Waals surface area contributed by atoms with Gasteiger partial charge in [0, 0.05) is 19.2 Å². The maximum Gasteiger partial charge on any atom is 0.244 e. The fourth-order valence-corrected chi connectivity index (χ4v) is 1.40. The minimum Gasteiger partial charge on any atom is -0.355 e. The Kier molecular flexibility index (Phi) is 7.36. The van der Waals surface area contributed by atoms with Crippen molar-refractivity contribution in [3.63, 3.8) is 0 Å². The Morgan fingerprint density at radius 2 is 1.76 bits per heavy atom. The van der Waals surface area contributed by atoms with Crippen molar-refractivity contribution in [2.75, 3.05) is 12.3 Å². The van der Waals surface area contributed by atoms with Gasteiger partial charge in [0.1, 0.15) is 12.1 Å². The molecule has 2 atom stereocenters. The van der Waals surface area contributed by atoms with Crippen LogP contribution in [0.1, 0.15) is 20.8 Å². The Morgan fingerprint density at radius 3 is 2.18 bits per heavy atom. The Labute approximate surface area is 106 Å². The molecular weight excluding hydrogens is 242 g/mol. The normalized spacial score (nSPS) is 13.4. The standard InChI is InChI=1S/C10H19N3O3S/c1-4-11-9(15)6(2)12-10(16)8(5-17)13-7(3)14/h6,8,17H,4-5H2,1-3H3,(H,11,15)(H,12,16)(H,13,14). The molecule has 3 N–H and O–H groups in total. The highest BCUT2D eigenvalue weighted by atomic mass is 32.1. The highest BCUT2D eigenvalue weighted by Gasteiger charge is 2.21. The van der Waals surface area contributed by atoms with Gasteiger partial charge in [0.25, 0.3) is 0 Å². The van der Waals surface area contributed by atoms with Crippen molar-refractivity contribution in [1.82, 2.24) is 16.0 Å². The lowest BCUT2D eigenvalue weighted by Crippen LogP contribution is -2.53. The third-order valence-electron chi connectivity index (χ3n) is 1.98. The molecule has 0 aliphatic rings. The first-order valence-corrected chi connectivity index (χ1v) is 6.01. The summed E-state index contributed by atoms with van der Waals surface area (Å²) in [7, 11) is 0. The molecular formula is C10H19N3O3S. The number of hydrogen-bond acceptors (Lipinski definition) is 4. The third-order valence-corrected chi connectivity index (χ3v) is 2.34. The van der Waals surface area contributed by atoms with Crippen LogP contribution in [0.15, 0.2) is 0 Å². The van der Waals surface area contributed by atoms with Crippen LogP contribution in [0.2, 0.25) is 0 Å². The molecule has 0 aliphatic heterocycles. The lowest BCUT2D eigenvalue weighted by Gasteiger charge is -2.18. The summed E-state index contributed by atoms with van der Waals surface area (Å²) in [5.41, 5.74) is 0. The summed E-state index contributed by atoms with van der Waals surface area (Å²) < 4.78 is 0. The van der Waals surface area contributed by atoms with Gasteiger partial charge < -0.3 is 16.0 Å². The van der Waals surface area contributed by atoms with Crippen LogP contribution in [0.25, 0.3) is 0 Å². The van der Waals surface area contributed by atoms with E-state index in [-0.39, 0.29) is 17.6 Å². The molecule has 0 bridgehead atoms. The number of carbonyl (C=O) groups excluding carboxylic acids is 3. The second-order valence-corrected chi connectivity index (χ2v) is 3.93. The summed E-state index contributed by atoms with van der Waals surface area (Å²) in [6.07, 6.45) is 0. The van der Waals surface area contributed by atoms with Gasteiger partial charge in [-0.05, 0) is 13.8 Å². The molecule has 0 aromatic heterocycles. The van der Waals surface area contributed by atoms with E-state index in [0.29, 0.717) is 6.54 Å². The Hall–Kier alpha value is -1.24. The second kappa shape index (κ2) is 7.94. The molecule has 0 fully saturated rings. The summed E-state index contributed by atoms with van der Waals surface area (Å²) in [4.78, 5) is 33.9. The molecule has 2 unspecified atom stereocenters. The summed E-state index contributed by atoms with van der Waals surface area (Å²) >= 11 is 3.97. The largest absolute Gasteiger partial charge is 0.355 e. The van der Waals surface area contributed by atoms with Crippen molar-refractivity contribution in [2.24, 2.45) is 0 Å². The van der Waals surface area contributed by atoms with Gasteiger partial charge in [-0.2, -0.15) is 12.6 Å². The van der Waals surface area contributed by atoms with Crippen molar-refractivity contribution in [3.05, 3.63) is 0 Å². The fourth-order valence-electron chi connectivity index (χ4n) is 1.15. The topological polar surface area (TPSA) is 87.3 Å². The molecule has 3 amide bonds. The van der Waals surface area contributed by atoms with Crippen molar-refractivity contribution in [1.29, 1.82) is 0 Å². The first-order chi connectivity index (χ1) is 7.92. The van der Waals surface area contributed by atoms with E-state index in [1.165, 1.54) is 6.92 Å². The van der Waals surface area contributed by atoms with Crippen LogP contribution in [-0.4, -0.2) is 42.1 Å². The zero-order valence-electron chi connectivity index (χ0n) is 10.2. The molecule has 17 heavy (non-hydrogen) atoms. The molecule has 0 saturated heterocycles. The molecule has 98 valence electrons. The minimum absolute atomic E-state index is 0.174. The molecule has 6 nitrogen and oxygen atoms in total. The number of likely N-dealkylation sites (N-methyl/N-ethyl adjacent to an activating group) is 1. The fraction of sp³-hybridized carbons (Fsp3) is 0.700. The molecule has 0 rings (SSSR count). The molecule has 0 aromatic carbocycles. The van der Waals surface area contributed by atoms with Crippen LogP contribution in [-0.2, 0) is 14.4 Å². The van der Waals surface area contributed by atoms with E-state index in [4.69, 9.17) is 0 Å². The van der Waals surface area contributed by atoms with Gasteiger partial charge in [-0.3, -0.25) is 14.4 Å². The summed E-state index contributed by atoms with van der Waals surface area (Å²) in [6, 6.07) is -1.37. The van der Waals surface area contributed by atoms with Crippen molar-refractivity contribution in [2.45, 2.75) is 32.9 Å².